The summed E-state index contributed by atoms with van der Waals surface area (Å²) in [5.41, 5.74) is -0.494. The van der Waals surface area contributed by atoms with Crippen LogP contribution in [-0.4, -0.2) is 29.1 Å². The lowest BCUT2D eigenvalue weighted by Crippen LogP contribution is -2.39. The molecule has 2 nitrogen and oxygen atoms in total. The molecule has 0 bridgehead atoms. The second kappa shape index (κ2) is 3.54. The van der Waals surface area contributed by atoms with Crippen LogP contribution in [0.2, 0.25) is 0 Å². The minimum atomic E-state index is -0.970. The van der Waals surface area contributed by atoms with Gasteiger partial charge in [0, 0.05) is 18.2 Å². The Kier molecular flexibility index (Phi) is 2.26. The van der Waals surface area contributed by atoms with E-state index in [1.807, 2.05) is 0 Å². The molecule has 2 aliphatic rings. The molecule has 2 saturated heterocycles. The highest BCUT2D eigenvalue weighted by Crippen LogP contribution is 2.43. The van der Waals surface area contributed by atoms with Crippen molar-refractivity contribution in [2.24, 2.45) is 0 Å². The van der Waals surface area contributed by atoms with E-state index in [0.717, 1.165) is 25.9 Å². The van der Waals surface area contributed by atoms with Gasteiger partial charge in [0.15, 0.2) is 0 Å². The van der Waals surface area contributed by atoms with Crippen molar-refractivity contribution in [2.75, 3.05) is 13.1 Å². The monoisotopic (exact) mass is 221 g/mol. The van der Waals surface area contributed by atoms with Gasteiger partial charge < -0.3 is 5.11 Å². The van der Waals surface area contributed by atoms with Gasteiger partial charge in [-0.15, -0.1) is 0 Å². The van der Waals surface area contributed by atoms with Crippen LogP contribution in [0.1, 0.15) is 24.8 Å². The third-order valence-corrected chi connectivity index (χ3v) is 4.04. The Labute approximate surface area is 94.7 Å². The maximum absolute atomic E-state index is 13.8. The van der Waals surface area contributed by atoms with Crippen molar-refractivity contribution < 1.29 is 9.50 Å². The molecule has 0 amide bonds. The number of fused-ring (bicyclic) bond motifs is 1. The zero-order valence-corrected chi connectivity index (χ0v) is 9.19. The van der Waals surface area contributed by atoms with Gasteiger partial charge >= 0.3 is 0 Å². The number of benzene rings is 1. The second-order valence-electron chi connectivity index (χ2n) is 4.85. The third kappa shape index (κ3) is 1.31. The van der Waals surface area contributed by atoms with Crippen molar-refractivity contribution in [3.8, 4) is 0 Å². The van der Waals surface area contributed by atoms with Crippen LogP contribution in [0.25, 0.3) is 0 Å². The summed E-state index contributed by atoms with van der Waals surface area (Å²) in [6.45, 7) is 1.93. The summed E-state index contributed by atoms with van der Waals surface area (Å²) >= 11 is 0. The molecule has 2 heterocycles. The Morgan fingerprint density at radius 3 is 2.94 bits per heavy atom. The summed E-state index contributed by atoms with van der Waals surface area (Å²) in [7, 11) is 0. The van der Waals surface area contributed by atoms with Crippen LogP contribution in [0.3, 0.4) is 0 Å². The fourth-order valence-electron chi connectivity index (χ4n) is 3.24. The Bertz CT molecular complexity index is 409. The predicted molar refractivity (Wildman–Crippen MR) is 59.5 cm³/mol. The maximum atomic E-state index is 13.8. The average Bonchev–Trinajstić information content (AvgIpc) is 2.84. The van der Waals surface area contributed by atoms with Gasteiger partial charge in [-0.1, -0.05) is 18.2 Å². The molecular formula is C13H16FNO. The van der Waals surface area contributed by atoms with Gasteiger partial charge in [-0.05, 0) is 31.9 Å². The molecule has 1 aromatic rings. The normalized spacial score (nSPS) is 34.2. The van der Waals surface area contributed by atoms with Gasteiger partial charge in [-0.2, -0.15) is 0 Å². The number of halogens is 1. The molecule has 3 rings (SSSR count). The van der Waals surface area contributed by atoms with Crippen LogP contribution in [0.15, 0.2) is 24.3 Å². The maximum Gasteiger partial charge on any atom is 0.129 e. The minimum absolute atomic E-state index is 0.115. The van der Waals surface area contributed by atoms with Crippen LogP contribution in [0.5, 0.6) is 0 Å². The van der Waals surface area contributed by atoms with E-state index in [9.17, 15) is 9.50 Å². The van der Waals surface area contributed by atoms with Crippen LogP contribution < -0.4 is 0 Å². The first-order valence-corrected chi connectivity index (χ1v) is 5.93. The fourth-order valence-corrected chi connectivity index (χ4v) is 3.24. The first-order valence-electron chi connectivity index (χ1n) is 5.93. The molecule has 1 aromatic carbocycles. The summed E-state index contributed by atoms with van der Waals surface area (Å²) in [4.78, 5) is 2.28. The molecule has 0 radical (unpaired) electrons. The summed E-state index contributed by atoms with van der Waals surface area (Å²) in [6.07, 6.45) is 2.74. The lowest BCUT2D eigenvalue weighted by atomic mass is 9.85. The van der Waals surface area contributed by atoms with E-state index in [0.29, 0.717) is 12.0 Å². The molecule has 2 fully saturated rings. The Hall–Kier alpha value is -0.930. The van der Waals surface area contributed by atoms with Crippen molar-refractivity contribution >= 4 is 0 Å². The second-order valence-corrected chi connectivity index (χ2v) is 4.85. The van der Waals surface area contributed by atoms with Crippen molar-refractivity contribution in [3.63, 3.8) is 0 Å². The standard InChI is InChI=1S/C13H16FNO/c14-11-5-2-1-4-10(11)13(16)7-9-15-8-3-6-12(13)15/h1-2,4-5,12,16H,3,6-9H2. The predicted octanol–water partition coefficient (Wildman–Crippen LogP) is 1.88. The number of aliphatic hydroxyl groups is 1. The summed E-state index contributed by atoms with van der Waals surface area (Å²) in [5, 5.41) is 10.7. The highest BCUT2D eigenvalue weighted by atomic mass is 19.1. The molecule has 3 heteroatoms. The SMILES string of the molecule is OC1(c2ccccc2F)CCN2CCCC21. The topological polar surface area (TPSA) is 23.5 Å². The lowest BCUT2D eigenvalue weighted by Gasteiger charge is -2.30. The molecule has 2 aliphatic heterocycles. The number of hydrogen-bond donors (Lipinski definition) is 1. The smallest absolute Gasteiger partial charge is 0.129 e. The van der Waals surface area contributed by atoms with E-state index >= 15 is 0 Å². The summed E-state index contributed by atoms with van der Waals surface area (Å²) in [6, 6.07) is 6.74. The van der Waals surface area contributed by atoms with Gasteiger partial charge in [0.05, 0.1) is 0 Å². The molecule has 0 saturated carbocycles. The number of nitrogens with zero attached hydrogens (tertiary/aromatic N) is 1. The third-order valence-electron chi connectivity index (χ3n) is 4.04. The van der Waals surface area contributed by atoms with Gasteiger partial charge in [0.1, 0.15) is 11.4 Å². The quantitative estimate of drug-likeness (QED) is 0.782. The van der Waals surface area contributed by atoms with E-state index in [-0.39, 0.29) is 11.9 Å². The average molecular weight is 221 g/mol. The molecular weight excluding hydrogens is 205 g/mol. The lowest BCUT2D eigenvalue weighted by molar-refractivity contribution is 0.00622. The largest absolute Gasteiger partial charge is 0.383 e. The van der Waals surface area contributed by atoms with Gasteiger partial charge in [0.2, 0.25) is 0 Å². The summed E-state index contributed by atoms with van der Waals surface area (Å²) < 4.78 is 13.8. The molecule has 1 N–H and O–H groups in total. The number of hydrogen-bond acceptors (Lipinski definition) is 2. The molecule has 2 unspecified atom stereocenters. The Morgan fingerprint density at radius 1 is 1.31 bits per heavy atom. The zero-order valence-electron chi connectivity index (χ0n) is 9.19. The molecule has 2 atom stereocenters. The number of rotatable bonds is 1. The van der Waals surface area contributed by atoms with Crippen molar-refractivity contribution in [3.05, 3.63) is 35.6 Å². The van der Waals surface area contributed by atoms with Crippen LogP contribution in [0.4, 0.5) is 4.39 Å². The highest BCUT2D eigenvalue weighted by Gasteiger charge is 2.49. The first kappa shape index (κ1) is 10.2. The zero-order chi connectivity index (χ0) is 11.2. The van der Waals surface area contributed by atoms with Crippen molar-refractivity contribution in [1.82, 2.24) is 4.90 Å². The minimum Gasteiger partial charge on any atom is -0.383 e. The van der Waals surface area contributed by atoms with Gasteiger partial charge in [-0.25, -0.2) is 4.39 Å². The van der Waals surface area contributed by atoms with E-state index in [4.69, 9.17) is 0 Å². The Morgan fingerprint density at radius 2 is 2.12 bits per heavy atom. The van der Waals surface area contributed by atoms with E-state index in [1.165, 1.54) is 6.07 Å². The molecule has 16 heavy (non-hydrogen) atoms. The highest BCUT2D eigenvalue weighted by molar-refractivity contribution is 5.28. The Balaban J connectivity index is 2.02. The molecule has 0 spiro atoms. The van der Waals surface area contributed by atoms with Gasteiger partial charge in [-0.3, -0.25) is 4.90 Å². The molecule has 0 aromatic heterocycles. The first-order chi connectivity index (χ1) is 7.72. The fraction of sp³-hybridized carbons (Fsp3) is 0.538. The van der Waals surface area contributed by atoms with Crippen LogP contribution in [-0.2, 0) is 5.60 Å². The molecule has 86 valence electrons. The van der Waals surface area contributed by atoms with Crippen LogP contribution >= 0.6 is 0 Å². The van der Waals surface area contributed by atoms with Crippen molar-refractivity contribution in [2.45, 2.75) is 30.9 Å². The van der Waals surface area contributed by atoms with E-state index in [1.54, 1.807) is 18.2 Å². The molecule has 0 aliphatic carbocycles. The summed E-state index contributed by atoms with van der Waals surface area (Å²) in [5.74, 6) is -0.279. The van der Waals surface area contributed by atoms with Gasteiger partial charge in [0.25, 0.3) is 0 Å². The van der Waals surface area contributed by atoms with E-state index in [2.05, 4.69) is 4.90 Å². The van der Waals surface area contributed by atoms with E-state index < -0.39 is 5.60 Å². The van der Waals surface area contributed by atoms with Crippen LogP contribution in [0, 0.1) is 5.82 Å². The van der Waals surface area contributed by atoms with Crippen molar-refractivity contribution in [1.29, 1.82) is 0 Å².